The van der Waals surface area contributed by atoms with Crippen molar-refractivity contribution in [3.8, 4) is 11.8 Å². The van der Waals surface area contributed by atoms with E-state index in [-0.39, 0.29) is 18.2 Å². The van der Waals surface area contributed by atoms with E-state index in [0.29, 0.717) is 23.1 Å². The number of aromatic carboxylic acids is 1. The molecular weight excluding hydrogens is 260 g/mol. The predicted molar refractivity (Wildman–Crippen MR) is 71.3 cm³/mol. The average Bonchev–Trinajstić information content (AvgIpc) is 2.82. The number of benzene rings is 1. The van der Waals surface area contributed by atoms with E-state index >= 15 is 0 Å². The number of carbonyl (C=O) groups excluding carboxylic acids is 1. The Bertz CT molecular complexity index is 715. The van der Waals surface area contributed by atoms with Crippen molar-refractivity contribution < 1.29 is 23.8 Å². The summed E-state index contributed by atoms with van der Waals surface area (Å²) in [5.41, 5.74) is 1.16. The zero-order valence-electron chi connectivity index (χ0n) is 10.8. The van der Waals surface area contributed by atoms with Crippen LogP contribution in [0, 0.1) is 11.8 Å². The molecule has 1 N–H and O–H groups in total. The molecule has 0 radical (unpaired) electrons. The van der Waals surface area contributed by atoms with Crippen molar-refractivity contribution in [2.24, 2.45) is 0 Å². The van der Waals surface area contributed by atoms with Gasteiger partial charge in [0, 0.05) is 10.9 Å². The van der Waals surface area contributed by atoms with E-state index in [1.165, 1.54) is 6.07 Å². The zero-order chi connectivity index (χ0) is 14.5. The SMILES string of the molecule is CCOC(=O)CC#Cc1ccc2oc(C(=O)O)cc2c1. The van der Waals surface area contributed by atoms with E-state index in [9.17, 15) is 9.59 Å². The number of carboxylic acids is 1. The van der Waals surface area contributed by atoms with Gasteiger partial charge in [0.05, 0.1) is 6.61 Å². The number of rotatable bonds is 3. The van der Waals surface area contributed by atoms with Gasteiger partial charge in [-0.1, -0.05) is 11.8 Å². The Morgan fingerprint density at radius 3 is 2.85 bits per heavy atom. The minimum absolute atomic E-state index is 0.0254. The molecule has 102 valence electrons. The van der Waals surface area contributed by atoms with Gasteiger partial charge >= 0.3 is 11.9 Å². The van der Waals surface area contributed by atoms with Gasteiger partial charge in [-0.15, -0.1) is 0 Å². The second kappa shape index (κ2) is 5.93. The predicted octanol–water partition coefficient (Wildman–Crippen LogP) is 2.44. The first kappa shape index (κ1) is 13.7. The maximum atomic E-state index is 11.1. The highest BCUT2D eigenvalue weighted by atomic mass is 16.5. The molecule has 0 unspecified atom stereocenters. The number of ether oxygens (including phenoxy) is 1. The lowest BCUT2D eigenvalue weighted by Gasteiger charge is -1.94. The third-order valence-electron chi connectivity index (χ3n) is 2.50. The second-order valence-electron chi connectivity index (χ2n) is 3.95. The summed E-state index contributed by atoms with van der Waals surface area (Å²) >= 11 is 0. The minimum Gasteiger partial charge on any atom is -0.475 e. The maximum Gasteiger partial charge on any atom is 0.371 e. The topological polar surface area (TPSA) is 76.7 Å². The Balaban J connectivity index is 2.17. The van der Waals surface area contributed by atoms with Crippen LogP contribution in [-0.2, 0) is 9.53 Å². The smallest absolute Gasteiger partial charge is 0.371 e. The molecule has 1 heterocycles. The molecule has 5 nitrogen and oxygen atoms in total. The summed E-state index contributed by atoms with van der Waals surface area (Å²) in [6.07, 6.45) is 0.0254. The quantitative estimate of drug-likeness (QED) is 0.686. The lowest BCUT2D eigenvalue weighted by molar-refractivity contribution is -0.141. The summed E-state index contributed by atoms with van der Waals surface area (Å²) < 4.78 is 9.90. The number of esters is 1. The molecular formula is C15H12O5. The van der Waals surface area contributed by atoms with E-state index < -0.39 is 5.97 Å². The highest BCUT2D eigenvalue weighted by molar-refractivity contribution is 5.91. The first-order valence-corrected chi connectivity index (χ1v) is 6.01. The van der Waals surface area contributed by atoms with Crippen LogP contribution in [0.2, 0.25) is 0 Å². The van der Waals surface area contributed by atoms with Crippen molar-refractivity contribution >= 4 is 22.9 Å². The van der Waals surface area contributed by atoms with E-state index in [2.05, 4.69) is 11.8 Å². The van der Waals surface area contributed by atoms with Crippen LogP contribution in [0.25, 0.3) is 11.0 Å². The van der Waals surface area contributed by atoms with E-state index in [0.717, 1.165) is 0 Å². The largest absolute Gasteiger partial charge is 0.475 e. The van der Waals surface area contributed by atoms with Crippen LogP contribution >= 0.6 is 0 Å². The molecule has 0 amide bonds. The van der Waals surface area contributed by atoms with Gasteiger partial charge in [0.1, 0.15) is 12.0 Å². The Labute approximate surface area is 115 Å². The molecule has 2 rings (SSSR count). The summed E-state index contributed by atoms with van der Waals surface area (Å²) in [4.78, 5) is 21.9. The van der Waals surface area contributed by atoms with Gasteiger partial charge in [-0.2, -0.15) is 0 Å². The molecule has 0 bridgehead atoms. The van der Waals surface area contributed by atoms with Gasteiger partial charge in [0.25, 0.3) is 0 Å². The molecule has 0 fully saturated rings. The number of hydrogen-bond donors (Lipinski definition) is 1. The summed E-state index contributed by atoms with van der Waals surface area (Å²) in [5, 5.41) is 9.49. The molecule has 0 aliphatic rings. The fourth-order valence-electron chi connectivity index (χ4n) is 1.66. The molecule has 5 heteroatoms. The van der Waals surface area contributed by atoms with Crippen molar-refractivity contribution in [3.63, 3.8) is 0 Å². The molecule has 1 aromatic heterocycles. The molecule has 0 saturated heterocycles. The summed E-state index contributed by atoms with van der Waals surface area (Å²) in [6.45, 7) is 2.07. The van der Waals surface area contributed by atoms with Crippen LogP contribution in [0.1, 0.15) is 29.5 Å². The number of carbonyl (C=O) groups is 2. The number of fused-ring (bicyclic) bond motifs is 1. The van der Waals surface area contributed by atoms with Gasteiger partial charge in [-0.25, -0.2) is 4.79 Å². The lowest BCUT2D eigenvalue weighted by atomic mass is 10.1. The fraction of sp³-hybridized carbons (Fsp3) is 0.200. The lowest BCUT2D eigenvalue weighted by Crippen LogP contribution is -2.01. The standard InChI is InChI=1S/C15H12O5/c1-2-19-14(16)5-3-4-10-6-7-12-11(8-10)9-13(20-12)15(17)18/h6-9H,2,5H2,1H3,(H,17,18). The minimum atomic E-state index is -1.11. The first-order chi connectivity index (χ1) is 9.60. The number of furan rings is 1. The Kier molecular flexibility index (Phi) is 4.06. The molecule has 0 aliphatic heterocycles. The van der Waals surface area contributed by atoms with E-state index in [1.54, 1.807) is 25.1 Å². The molecule has 1 aromatic carbocycles. The van der Waals surface area contributed by atoms with E-state index in [4.69, 9.17) is 14.3 Å². The molecule has 20 heavy (non-hydrogen) atoms. The Morgan fingerprint density at radius 2 is 2.15 bits per heavy atom. The monoisotopic (exact) mass is 272 g/mol. The highest BCUT2D eigenvalue weighted by Gasteiger charge is 2.10. The van der Waals surface area contributed by atoms with Crippen molar-refractivity contribution in [1.82, 2.24) is 0 Å². The third-order valence-corrected chi connectivity index (χ3v) is 2.50. The normalized spacial score (nSPS) is 9.85. The van der Waals surface area contributed by atoms with Gasteiger partial charge in [-0.05, 0) is 31.2 Å². The average molecular weight is 272 g/mol. The van der Waals surface area contributed by atoms with E-state index in [1.807, 2.05) is 0 Å². The van der Waals surface area contributed by atoms with Crippen molar-refractivity contribution in [2.75, 3.05) is 6.61 Å². The van der Waals surface area contributed by atoms with Gasteiger partial charge in [-0.3, -0.25) is 4.79 Å². The molecule has 2 aromatic rings. The van der Waals surface area contributed by atoms with Crippen LogP contribution in [0.4, 0.5) is 0 Å². The summed E-state index contributed by atoms with van der Waals surface area (Å²) in [7, 11) is 0. The summed E-state index contributed by atoms with van der Waals surface area (Å²) in [5.74, 6) is 3.94. The number of hydrogen-bond acceptors (Lipinski definition) is 4. The van der Waals surface area contributed by atoms with Crippen molar-refractivity contribution in [2.45, 2.75) is 13.3 Å². The molecule has 0 spiro atoms. The summed E-state index contributed by atoms with van der Waals surface area (Å²) in [6, 6.07) is 6.50. The van der Waals surface area contributed by atoms with Gasteiger partial charge in [0.2, 0.25) is 5.76 Å². The van der Waals surface area contributed by atoms with Crippen LogP contribution < -0.4 is 0 Å². The Hall–Kier alpha value is -2.74. The second-order valence-corrected chi connectivity index (χ2v) is 3.95. The van der Waals surface area contributed by atoms with Gasteiger partial charge < -0.3 is 14.3 Å². The van der Waals surface area contributed by atoms with Crippen LogP contribution in [0.5, 0.6) is 0 Å². The van der Waals surface area contributed by atoms with Crippen LogP contribution in [0.3, 0.4) is 0 Å². The number of carboxylic acid groups (broad SMARTS) is 1. The zero-order valence-corrected chi connectivity index (χ0v) is 10.8. The fourth-order valence-corrected chi connectivity index (χ4v) is 1.66. The van der Waals surface area contributed by atoms with Crippen molar-refractivity contribution in [1.29, 1.82) is 0 Å². The Morgan fingerprint density at radius 1 is 1.35 bits per heavy atom. The molecule has 0 saturated carbocycles. The van der Waals surface area contributed by atoms with Crippen molar-refractivity contribution in [3.05, 3.63) is 35.6 Å². The molecule has 0 atom stereocenters. The maximum absolute atomic E-state index is 11.1. The third kappa shape index (κ3) is 3.18. The van der Waals surface area contributed by atoms with Crippen LogP contribution in [-0.4, -0.2) is 23.7 Å². The van der Waals surface area contributed by atoms with Crippen LogP contribution in [0.15, 0.2) is 28.7 Å². The first-order valence-electron chi connectivity index (χ1n) is 6.01. The highest BCUT2D eigenvalue weighted by Crippen LogP contribution is 2.20. The molecule has 0 aliphatic carbocycles. The van der Waals surface area contributed by atoms with Gasteiger partial charge in [0.15, 0.2) is 0 Å².